The Bertz CT molecular complexity index is 690. The maximum atomic E-state index is 12.6. The highest BCUT2D eigenvalue weighted by atomic mass is 32.2. The van der Waals surface area contributed by atoms with Crippen molar-refractivity contribution in [1.82, 2.24) is 9.21 Å². The number of ether oxygens (including phenoxy) is 1. The summed E-state index contributed by atoms with van der Waals surface area (Å²) in [6.45, 7) is 4.46. The number of hydrogen-bond acceptors (Lipinski definition) is 4. The van der Waals surface area contributed by atoms with Crippen LogP contribution in [0.4, 0.5) is 0 Å². The summed E-state index contributed by atoms with van der Waals surface area (Å²) < 4.78 is 31.6. The monoisotopic (exact) mass is 366 g/mol. The molecule has 1 saturated carbocycles. The Labute approximate surface area is 149 Å². The van der Waals surface area contributed by atoms with Crippen molar-refractivity contribution in [2.24, 2.45) is 0 Å². The summed E-state index contributed by atoms with van der Waals surface area (Å²) in [6.07, 6.45) is 3.63. The van der Waals surface area contributed by atoms with Gasteiger partial charge in [0.15, 0.2) is 0 Å². The van der Waals surface area contributed by atoms with Gasteiger partial charge in [-0.2, -0.15) is 4.31 Å². The van der Waals surface area contributed by atoms with Crippen molar-refractivity contribution in [1.29, 1.82) is 0 Å². The van der Waals surface area contributed by atoms with Crippen LogP contribution in [0, 0.1) is 0 Å². The number of rotatable bonds is 7. The Morgan fingerprint density at radius 1 is 1.12 bits per heavy atom. The van der Waals surface area contributed by atoms with E-state index in [2.05, 4.69) is 6.92 Å². The highest BCUT2D eigenvalue weighted by Gasteiger charge is 2.41. The fraction of sp³-hybridized carbons (Fsp3) is 0.611. The van der Waals surface area contributed by atoms with Crippen LogP contribution in [0.5, 0.6) is 5.75 Å². The SMILES string of the molecule is CCCCOc1ccc(C(=O)N2CCN(S(=O)(=O)C3CC3)CC2)cc1. The van der Waals surface area contributed by atoms with E-state index in [-0.39, 0.29) is 11.2 Å². The number of sulfonamides is 1. The Morgan fingerprint density at radius 3 is 2.32 bits per heavy atom. The third-order valence-electron chi connectivity index (χ3n) is 4.70. The van der Waals surface area contributed by atoms with Gasteiger partial charge in [0.05, 0.1) is 11.9 Å². The lowest BCUT2D eigenvalue weighted by molar-refractivity contribution is 0.0698. The van der Waals surface area contributed by atoms with Crippen molar-refractivity contribution in [2.45, 2.75) is 37.9 Å². The summed E-state index contributed by atoms with van der Waals surface area (Å²) >= 11 is 0. The molecule has 0 atom stereocenters. The van der Waals surface area contributed by atoms with Gasteiger partial charge < -0.3 is 9.64 Å². The molecule has 1 aromatic rings. The van der Waals surface area contributed by atoms with Gasteiger partial charge in [-0.1, -0.05) is 13.3 Å². The first-order valence-corrected chi connectivity index (χ1v) is 10.5. The highest BCUT2D eigenvalue weighted by molar-refractivity contribution is 7.90. The van der Waals surface area contributed by atoms with Gasteiger partial charge in [0.1, 0.15) is 5.75 Å². The standard InChI is InChI=1S/C18H26N2O4S/c1-2-3-14-24-16-6-4-15(5-7-16)18(21)19-10-12-20(13-11-19)25(22,23)17-8-9-17/h4-7,17H,2-3,8-14H2,1H3. The zero-order valence-electron chi connectivity index (χ0n) is 14.7. The average molecular weight is 366 g/mol. The summed E-state index contributed by atoms with van der Waals surface area (Å²) in [5, 5.41) is -0.185. The average Bonchev–Trinajstić information content (AvgIpc) is 3.48. The van der Waals surface area contributed by atoms with Crippen molar-refractivity contribution in [3.8, 4) is 5.75 Å². The maximum Gasteiger partial charge on any atom is 0.253 e. The smallest absolute Gasteiger partial charge is 0.253 e. The number of amides is 1. The Hall–Kier alpha value is -1.60. The van der Waals surface area contributed by atoms with Crippen molar-refractivity contribution < 1.29 is 17.9 Å². The molecule has 1 heterocycles. The Morgan fingerprint density at radius 2 is 1.76 bits per heavy atom. The molecule has 0 radical (unpaired) electrons. The van der Waals surface area contributed by atoms with E-state index >= 15 is 0 Å². The third-order valence-corrected chi connectivity index (χ3v) is 7.10. The summed E-state index contributed by atoms with van der Waals surface area (Å²) in [4.78, 5) is 14.3. The van der Waals surface area contributed by atoms with Gasteiger partial charge in [-0.15, -0.1) is 0 Å². The number of hydrogen-bond donors (Lipinski definition) is 0. The summed E-state index contributed by atoms with van der Waals surface area (Å²) in [6, 6.07) is 7.18. The van der Waals surface area contributed by atoms with Gasteiger partial charge in [-0.05, 0) is 43.5 Å². The first-order valence-electron chi connectivity index (χ1n) is 9.03. The minimum atomic E-state index is -3.14. The molecule has 0 unspecified atom stereocenters. The quantitative estimate of drug-likeness (QED) is 0.693. The lowest BCUT2D eigenvalue weighted by atomic mass is 10.2. The first-order chi connectivity index (χ1) is 12.0. The molecule has 6 nitrogen and oxygen atoms in total. The van der Waals surface area contributed by atoms with Crippen LogP contribution in [0.2, 0.25) is 0 Å². The second-order valence-electron chi connectivity index (χ2n) is 6.66. The first kappa shape index (κ1) is 18.2. The van der Waals surface area contributed by atoms with E-state index < -0.39 is 10.0 Å². The van der Waals surface area contributed by atoms with Gasteiger partial charge in [-0.25, -0.2) is 8.42 Å². The molecular formula is C18H26N2O4S. The fourth-order valence-electron chi connectivity index (χ4n) is 2.93. The molecule has 138 valence electrons. The number of nitrogens with zero attached hydrogens (tertiary/aromatic N) is 2. The summed E-state index contributed by atoms with van der Waals surface area (Å²) in [5.41, 5.74) is 0.612. The molecular weight excluding hydrogens is 340 g/mol. The molecule has 2 fully saturated rings. The molecule has 7 heteroatoms. The van der Waals surface area contributed by atoms with Crippen LogP contribution in [0.3, 0.4) is 0 Å². The van der Waals surface area contributed by atoms with Gasteiger partial charge in [0.2, 0.25) is 10.0 Å². The van der Waals surface area contributed by atoms with Gasteiger partial charge in [0, 0.05) is 31.7 Å². The number of piperazine rings is 1. The molecule has 1 saturated heterocycles. The largest absolute Gasteiger partial charge is 0.494 e. The van der Waals surface area contributed by atoms with Crippen LogP contribution < -0.4 is 4.74 Å². The predicted octanol–water partition coefficient (Wildman–Crippen LogP) is 2.12. The molecule has 1 aromatic carbocycles. The van der Waals surface area contributed by atoms with Crippen LogP contribution in [0.25, 0.3) is 0 Å². The molecule has 0 aromatic heterocycles. The van der Waals surface area contributed by atoms with Crippen LogP contribution in [0.15, 0.2) is 24.3 Å². The van der Waals surface area contributed by atoms with Gasteiger partial charge >= 0.3 is 0 Å². The minimum Gasteiger partial charge on any atom is -0.494 e. The molecule has 1 aliphatic heterocycles. The molecule has 1 amide bonds. The lowest BCUT2D eigenvalue weighted by Crippen LogP contribution is -2.51. The number of benzene rings is 1. The Kier molecular flexibility index (Phi) is 5.64. The summed E-state index contributed by atoms with van der Waals surface area (Å²) in [5.74, 6) is 0.717. The Balaban J connectivity index is 1.53. The van der Waals surface area contributed by atoms with Crippen LogP contribution >= 0.6 is 0 Å². The number of carbonyl (C=O) groups excluding carboxylic acids is 1. The third kappa shape index (κ3) is 4.33. The van der Waals surface area contributed by atoms with Crippen LogP contribution in [-0.4, -0.2) is 61.6 Å². The topological polar surface area (TPSA) is 66.9 Å². The summed E-state index contributed by atoms with van der Waals surface area (Å²) in [7, 11) is -3.14. The zero-order chi connectivity index (χ0) is 17.9. The molecule has 1 aliphatic carbocycles. The number of unbranched alkanes of at least 4 members (excludes halogenated alkanes) is 1. The molecule has 25 heavy (non-hydrogen) atoms. The highest BCUT2D eigenvalue weighted by Crippen LogP contribution is 2.31. The van der Waals surface area contributed by atoms with Crippen molar-refractivity contribution in [3.63, 3.8) is 0 Å². The minimum absolute atomic E-state index is 0.0522. The van der Waals surface area contributed by atoms with Crippen LogP contribution in [-0.2, 0) is 10.0 Å². The van der Waals surface area contributed by atoms with Crippen molar-refractivity contribution in [2.75, 3.05) is 32.8 Å². The fourth-order valence-corrected chi connectivity index (χ4v) is 4.76. The molecule has 2 aliphatic rings. The molecule has 0 bridgehead atoms. The normalized spacial score (nSPS) is 19.0. The zero-order valence-corrected chi connectivity index (χ0v) is 15.5. The van der Waals surface area contributed by atoms with E-state index in [1.165, 1.54) is 0 Å². The van der Waals surface area contributed by atoms with Crippen molar-refractivity contribution >= 4 is 15.9 Å². The van der Waals surface area contributed by atoms with E-state index in [1.807, 2.05) is 12.1 Å². The van der Waals surface area contributed by atoms with E-state index in [4.69, 9.17) is 4.74 Å². The van der Waals surface area contributed by atoms with Gasteiger partial charge in [0.25, 0.3) is 5.91 Å². The molecule has 3 rings (SSSR count). The van der Waals surface area contributed by atoms with E-state index in [9.17, 15) is 13.2 Å². The van der Waals surface area contributed by atoms with E-state index in [0.717, 1.165) is 31.4 Å². The molecule has 0 spiro atoms. The van der Waals surface area contributed by atoms with E-state index in [0.29, 0.717) is 38.3 Å². The molecule has 0 N–H and O–H groups in total. The second kappa shape index (κ2) is 7.74. The second-order valence-corrected chi connectivity index (χ2v) is 8.87. The van der Waals surface area contributed by atoms with Crippen LogP contribution in [0.1, 0.15) is 43.0 Å². The lowest BCUT2D eigenvalue weighted by Gasteiger charge is -2.34. The predicted molar refractivity (Wildman–Crippen MR) is 96.3 cm³/mol. The van der Waals surface area contributed by atoms with Crippen molar-refractivity contribution in [3.05, 3.63) is 29.8 Å². The van der Waals surface area contributed by atoms with Gasteiger partial charge in [-0.3, -0.25) is 4.79 Å². The van der Waals surface area contributed by atoms with E-state index in [1.54, 1.807) is 21.3 Å². The maximum absolute atomic E-state index is 12.6. The number of carbonyl (C=O) groups is 1.